The first-order valence-corrected chi connectivity index (χ1v) is 13.7. The van der Waals surface area contributed by atoms with Crippen molar-refractivity contribution < 1.29 is 9.47 Å². The van der Waals surface area contributed by atoms with Crippen molar-refractivity contribution in [1.82, 2.24) is 0 Å². The van der Waals surface area contributed by atoms with Gasteiger partial charge in [0, 0.05) is 29.3 Å². The summed E-state index contributed by atoms with van der Waals surface area (Å²) in [4.78, 5) is 4.82. The molecule has 3 heterocycles. The minimum Gasteiger partial charge on any atom is -0.489 e. The van der Waals surface area contributed by atoms with Crippen molar-refractivity contribution in [3.8, 4) is 11.5 Å². The van der Waals surface area contributed by atoms with Crippen molar-refractivity contribution in [2.24, 2.45) is 0 Å². The number of ether oxygens (including phenoxy) is 2. The summed E-state index contributed by atoms with van der Waals surface area (Å²) in [7, 11) is 0. The van der Waals surface area contributed by atoms with Crippen molar-refractivity contribution in [3.63, 3.8) is 0 Å². The molecule has 5 aromatic rings. The number of benzene rings is 5. The largest absolute Gasteiger partial charge is 0.489 e. The molecule has 8 rings (SSSR count). The summed E-state index contributed by atoms with van der Waals surface area (Å²) in [5.41, 5.74) is 12.0. The fraction of sp³-hybridized carbons (Fsp3) is 0.143. The lowest BCUT2D eigenvalue weighted by Gasteiger charge is -2.45. The third-order valence-corrected chi connectivity index (χ3v) is 8.02. The second-order valence-corrected chi connectivity index (χ2v) is 10.4. The van der Waals surface area contributed by atoms with Crippen LogP contribution in [0.5, 0.6) is 11.5 Å². The third-order valence-electron chi connectivity index (χ3n) is 8.02. The molecule has 0 aliphatic carbocycles. The molecule has 1 atom stereocenters. The number of nitrogens with zero attached hydrogens (tertiary/aromatic N) is 2. The minimum atomic E-state index is 0.0684. The second-order valence-electron chi connectivity index (χ2n) is 10.4. The minimum absolute atomic E-state index is 0.0684. The van der Waals surface area contributed by atoms with E-state index in [4.69, 9.17) is 9.47 Å². The Labute approximate surface area is 228 Å². The molecule has 4 heteroatoms. The van der Waals surface area contributed by atoms with E-state index >= 15 is 0 Å². The second kappa shape index (κ2) is 8.67. The Hall–Kier alpha value is -4.70. The molecule has 0 saturated heterocycles. The van der Waals surface area contributed by atoms with Crippen molar-refractivity contribution in [2.75, 3.05) is 23.0 Å². The van der Waals surface area contributed by atoms with Crippen molar-refractivity contribution in [1.29, 1.82) is 0 Å². The van der Waals surface area contributed by atoms with Gasteiger partial charge in [-0.05, 0) is 72.1 Å². The molecule has 0 bridgehead atoms. The Balaban J connectivity index is 1.50. The van der Waals surface area contributed by atoms with E-state index in [1.165, 1.54) is 39.3 Å². The maximum absolute atomic E-state index is 6.49. The van der Waals surface area contributed by atoms with Gasteiger partial charge in [-0.15, -0.1) is 0 Å². The maximum Gasteiger partial charge on any atom is 0.185 e. The van der Waals surface area contributed by atoms with Crippen LogP contribution in [0.1, 0.15) is 34.6 Å². The van der Waals surface area contributed by atoms with Gasteiger partial charge in [-0.3, -0.25) is 0 Å². The first-order chi connectivity index (χ1) is 19.3. The van der Waals surface area contributed by atoms with E-state index in [2.05, 4.69) is 126 Å². The topological polar surface area (TPSA) is 24.9 Å². The molecule has 0 aromatic heterocycles. The van der Waals surface area contributed by atoms with Crippen LogP contribution >= 0.6 is 0 Å². The predicted molar refractivity (Wildman–Crippen MR) is 157 cm³/mol. The first-order valence-electron chi connectivity index (χ1n) is 13.7. The van der Waals surface area contributed by atoms with E-state index in [9.17, 15) is 0 Å². The Kier molecular flexibility index (Phi) is 4.96. The van der Waals surface area contributed by atoms with Crippen LogP contribution in [0.25, 0.3) is 0 Å². The molecule has 190 valence electrons. The fourth-order valence-electron chi connectivity index (χ4n) is 6.49. The van der Waals surface area contributed by atoms with Gasteiger partial charge < -0.3 is 19.3 Å². The molecule has 0 radical (unpaired) electrons. The fourth-order valence-corrected chi connectivity index (χ4v) is 6.49. The molecule has 39 heavy (non-hydrogen) atoms. The van der Waals surface area contributed by atoms with Crippen LogP contribution in [-0.4, -0.2) is 13.2 Å². The summed E-state index contributed by atoms with van der Waals surface area (Å²) >= 11 is 0. The van der Waals surface area contributed by atoms with Crippen molar-refractivity contribution >= 4 is 34.1 Å². The Bertz CT molecular complexity index is 1710. The van der Waals surface area contributed by atoms with Crippen molar-refractivity contribution in [3.05, 3.63) is 131 Å². The van der Waals surface area contributed by atoms with Crippen LogP contribution in [0, 0.1) is 6.92 Å². The SMILES string of the molecule is Cc1cc2c3c(c1)N(c1ccccc1)c1c(ccc4c1OCCCO4)C3c1ccccc1N2c1ccccc1. The predicted octanol–water partition coefficient (Wildman–Crippen LogP) is 8.90. The molecule has 0 amide bonds. The van der Waals surface area contributed by atoms with Crippen LogP contribution in [0.15, 0.2) is 109 Å². The molecule has 0 spiro atoms. The van der Waals surface area contributed by atoms with Gasteiger partial charge in [-0.1, -0.05) is 60.7 Å². The third kappa shape index (κ3) is 3.31. The molecule has 0 N–H and O–H groups in total. The highest BCUT2D eigenvalue weighted by atomic mass is 16.5. The number of aryl methyl sites for hydroxylation is 1. The Morgan fingerprint density at radius 1 is 0.615 bits per heavy atom. The zero-order valence-corrected chi connectivity index (χ0v) is 21.8. The standard InChI is InChI=1S/C35H28N2O2/c1-23-21-29-33-30(22-23)37(25-13-6-3-7-14-25)34-27(17-18-31-35(34)39-20-10-19-38-31)32(33)26-15-8-9-16-28(26)36(29)24-11-4-2-5-12-24/h2-9,11-18,21-22,32H,10,19-20H2,1H3. The van der Waals surface area contributed by atoms with Gasteiger partial charge in [-0.25, -0.2) is 0 Å². The smallest absolute Gasteiger partial charge is 0.185 e. The number of anilines is 6. The number of rotatable bonds is 2. The highest BCUT2D eigenvalue weighted by molar-refractivity contribution is 5.98. The summed E-state index contributed by atoms with van der Waals surface area (Å²) in [6, 6.07) is 39.2. The summed E-state index contributed by atoms with van der Waals surface area (Å²) < 4.78 is 12.7. The van der Waals surface area contributed by atoms with Gasteiger partial charge in [-0.2, -0.15) is 0 Å². The number of hydrogen-bond donors (Lipinski definition) is 0. The number of fused-ring (bicyclic) bond motifs is 6. The Morgan fingerprint density at radius 2 is 1.26 bits per heavy atom. The van der Waals surface area contributed by atoms with Crippen LogP contribution in [-0.2, 0) is 0 Å². The quantitative estimate of drug-likeness (QED) is 0.233. The lowest BCUT2D eigenvalue weighted by atomic mass is 9.75. The Morgan fingerprint density at radius 3 is 2.03 bits per heavy atom. The van der Waals surface area contributed by atoms with Gasteiger partial charge in [0.15, 0.2) is 11.5 Å². The van der Waals surface area contributed by atoms with Gasteiger partial charge in [0.2, 0.25) is 0 Å². The van der Waals surface area contributed by atoms with Crippen molar-refractivity contribution in [2.45, 2.75) is 19.3 Å². The molecule has 3 aliphatic heterocycles. The molecular formula is C35H28N2O2. The van der Waals surface area contributed by atoms with E-state index in [0.29, 0.717) is 13.2 Å². The van der Waals surface area contributed by atoms with E-state index in [1.807, 2.05) is 0 Å². The molecule has 0 fully saturated rings. The summed E-state index contributed by atoms with van der Waals surface area (Å²) in [6.07, 6.45) is 0.868. The molecular weight excluding hydrogens is 480 g/mol. The van der Waals surface area contributed by atoms with E-state index in [1.54, 1.807) is 0 Å². The van der Waals surface area contributed by atoms with Crippen LogP contribution in [0.2, 0.25) is 0 Å². The molecule has 1 unspecified atom stereocenters. The van der Waals surface area contributed by atoms with E-state index in [-0.39, 0.29) is 5.92 Å². The van der Waals surface area contributed by atoms with Gasteiger partial charge >= 0.3 is 0 Å². The first kappa shape index (κ1) is 22.3. The highest BCUT2D eigenvalue weighted by Gasteiger charge is 2.42. The van der Waals surface area contributed by atoms with Gasteiger partial charge in [0.1, 0.15) is 0 Å². The average molecular weight is 509 g/mol. The van der Waals surface area contributed by atoms with Gasteiger partial charge in [0.05, 0.1) is 36.0 Å². The lowest BCUT2D eigenvalue weighted by molar-refractivity contribution is 0.297. The summed E-state index contributed by atoms with van der Waals surface area (Å²) in [5, 5.41) is 0. The van der Waals surface area contributed by atoms with E-state index in [0.717, 1.165) is 35.0 Å². The van der Waals surface area contributed by atoms with E-state index < -0.39 is 0 Å². The van der Waals surface area contributed by atoms with Crippen LogP contribution in [0.4, 0.5) is 34.1 Å². The molecule has 4 nitrogen and oxygen atoms in total. The number of para-hydroxylation sites is 3. The summed E-state index contributed by atoms with van der Waals surface area (Å²) in [5.74, 6) is 1.72. The van der Waals surface area contributed by atoms with Crippen LogP contribution < -0.4 is 19.3 Å². The van der Waals surface area contributed by atoms with Gasteiger partial charge in [0.25, 0.3) is 0 Å². The molecule has 5 aromatic carbocycles. The average Bonchev–Trinajstić information content (AvgIpc) is 3.23. The summed E-state index contributed by atoms with van der Waals surface area (Å²) in [6.45, 7) is 3.50. The molecule has 0 saturated carbocycles. The zero-order valence-electron chi connectivity index (χ0n) is 21.8. The maximum atomic E-state index is 6.49. The highest BCUT2D eigenvalue weighted by Crippen LogP contribution is 2.63. The molecule has 3 aliphatic rings. The van der Waals surface area contributed by atoms with Crippen LogP contribution in [0.3, 0.4) is 0 Å². The zero-order chi connectivity index (χ0) is 25.9. The number of hydrogen-bond acceptors (Lipinski definition) is 4. The monoisotopic (exact) mass is 508 g/mol. The lowest BCUT2D eigenvalue weighted by Crippen LogP contribution is -2.29. The normalized spacial score (nSPS) is 16.6.